The minimum atomic E-state index is -3.49. The third kappa shape index (κ3) is 12.0. The van der Waals surface area contributed by atoms with Gasteiger partial charge in [0.1, 0.15) is 60.3 Å². The van der Waals surface area contributed by atoms with E-state index in [1.807, 2.05) is 121 Å². The van der Waals surface area contributed by atoms with Gasteiger partial charge in [-0.15, -0.1) is 0 Å². The van der Waals surface area contributed by atoms with Gasteiger partial charge < -0.3 is 47.0 Å². The van der Waals surface area contributed by atoms with Gasteiger partial charge in [-0.05, 0) is 49.9 Å². The van der Waals surface area contributed by atoms with Gasteiger partial charge in [0, 0.05) is 125 Å². The molecule has 4 atom stereocenters. The van der Waals surface area contributed by atoms with Gasteiger partial charge in [-0.1, -0.05) is 226 Å². The molecule has 0 amide bonds. The van der Waals surface area contributed by atoms with Gasteiger partial charge in [0.15, 0.2) is 0 Å². The molecule has 13 rings (SSSR count). The van der Waals surface area contributed by atoms with Crippen molar-refractivity contribution in [1.82, 2.24) is 0 Å². The first-order valence-electron chi connectivity index (χ1n) is 33.4. The zero-order chi connectivity index (χ0) is 61.6. The number of hydrogen-bond acceptors (Lipinski definition) is 10. The fraction of sp³-hybridized carbons (Fsp3) is 0.385. The van der Waals surface area contributed by atoms with E-state index in [0.29, 0.717) is 46.0 Å². The molecule has 1 aliphatic carbocycles. The van der Waals surface area contributed by atoms with Crippen LogP contribution in [-0.2, 0) is 21.5 Å². The van der Waals surface area contributed by atoms with Gasteiger partial charge in [0.05, 0.1) is 0 Å². The maximum atomic E-state index is 16.8. The summed E-state index contributed by atoms with van der Waals surface area (Å²) in [6.07, 6.45) is 15.5. The second-order valence-corrected chi connectivity index (χ2v) is 30.9. The van der Waals surface area contributed by atoms with Crippen LogP contribution < -0.4 is 59.1 Å². The van der Waals surface area contributed by atoms with Crippen molar-refractivity contribution in [3.63, 3.8) is 0 Å². The van der Waals surface area contributed by atoms with Crippen molar-refractivity contribution in [2.45, 2.75) is 166 Å². The molecule has 4 aliphatic heterocycles. The molecule has 4 heterocycles. The van der Waals surface area contributed by atoms with Crippen molar-refractivity contribution in [3.05, 3.63) is 213 Å². The average Bonchev–Trinajstić information content (AvgIpc) is 0.749. The largest absolute Gasteiger partial charge is 0.457 e. The molecular formula is C78H86O10P2. The highest BCUT2D eigenvalue weighted by atomic mass is 31.2. The van der Waals surface area contributed by atoms with Crippen LogP contribution in [0.15, 0.2) is 158 Å². The monoisotopic (exact) mass is 1240 g/mol. The second-order valence-electron chi connectivity index (χ2n) is 25.2. The summed E-state index contributed by atoms with van der Waals surface area (Å²) in [5.41, 5.74) is 9.87. The number of hydrogen-bond donors (Lipinski definition) is 0. The summed E-state index contributed by atoms with van der Waals surface area (Å²) in [5.74, 6) is 4.42. The molecule has 0 spiro atoms. The molecule has 0 fully saturated rings. The maximum Gasteiger partial charge on any atom is 0.230 e. The van der Waals surface area contributed by atoms with Crippen LogP contribution in [-0.4, -0.2) is 27.2 Å². The summed E-state index contributed by atoms with van der Waals surface area (Å²) in [4.78, 5) is 0. The first-order chi connectivity index (χ1) is 44.2. The van der Waals surface area contributed by atoms with Crippen LogP contribution in [0.3, 0.4) is 0 Å². The van der Waals surface area contributed by atoms with E-state index in [-0.39, 0.29) is 63.2 Å². The van der Waals surface area contributed by atoms with Crippen LogP contribution >= 0.6 is 14.3 Å². The lowest BCUT2D eigenvalue weighted by molar-refractivity contribution is 0.0968. The van der Waals surface area contributed by atoms with Crippen molar-refractivity contribution >= 4 is 35.5 Å². The Bertz CT molecular complexity index is 3430. The highest BCUT2D eigenvalue weighted by Gasteiger charge is 2.43. The van der Waals surface area contributed by atoms with Crippen molar-refractivity contribution in [2.24, 2.45) is 0 Å². The van der Waals surface area contributed by atoms with Crippen molar-refractivity contribution in [1.29, 1.82) is 0 Å². The molecule has 0 radical (unpaired) electrons. The predicted octanol–water partition coefficient (Wildman–Crippen LogP) is 18.8. The van der Waals surface area contributed by atoms with Gasteiger partial charge in [-0.3, -0.25) is 0 Å². The van der Waals surface area contributed by atoms with E-state index in [1.54, 1.807) is 0 Å². The van der Waals surface area contributed by atoms with Crippen LogP contribution in [0.5, 0.6) is 46.0 Å². The van der Waals surface area contributed by atoms with Crippen LogP contribution in [0.25, 0.3) is 0 Å². The molecule has 0 aromatic heterocycles. The third-order valence-corrected chi connectivity index (χ3v) is 25.6. The first-order valence-corrected chi connectivity index (χ1v) is 37.2. The van der Waals surface area contributed by atoms with Gasteiger partial charge in [-0.25, -0.2) is 0 Å². The lowest BCUT2D eigenvalue weighted by Gasteiger charge is -2.37. The Balaban J connectivity index is 1.16. The molecule has 12 heteroatoms. The minimum absolute atomic E-state index is 0.115. The van der Waals surface area contributed by atoms with Crippen molar-refractivity contribution in [2.75, 3.05) is 27.2 Å². The van der Waals surface area contributed by atoms with Crippen LogP contribution in [0.4, 0.5) is 0 Å². The smallest absolute Gasteiger partial charge is 0.230 e. The van der Waals surface area contributed by atoms with Gasteiger partial charge in [-0.2, -0.15) is 0 Å². The Morgan fingerprint density at radius 3 is 0.767 bits per heavy atom. The molecule has 5 aliphatic rings. The zero-order valence-electron chi connectivity index (χ0n) is 52.9. The van der Waals surface area contributed by atoms with Crippen LogP contribution in [0, 0.1) is 0 Å². The van der Waals surface area contributed by atoms with E-state index in [1.165, 1.54) is 0 Å². The Morgan fingerprint density at radius 2 is 0.533 bits per heavy atom. The van der Waals surface area contributed by atoms with Gasteiger partial charge in [0.25, 0.3) is 0 Å². The fourth-order valence-electron chi connectivity index (χ4n) is 15.0. The Kier molecular flexibility index (Phi) is 18.9. The summed E-state index contributed by atoms with van der Waals surface area (Å²) in [6.45, 7) is 8.58. The number of ether oxygens (including phenoxy) is 8. The SMILES string of the molecule is CCCCCC1c2cc3c4cc2OCOc2c1cc1c(c2CP(=O)(c2ccccc2)c2ccccc2)OCOc2cc5c(cc2C1CCCCC)C(CCCCC)c1cc(c(c(CP(=O)(c2ccccc2)c2ccccc2)c1OCO5)OCO4)C3CCCCC. The first kappa shape index (κ1) is 61.5. The number of unbranched alkanes of at least 4 members (excludes halogenated alkanes) is 8. The second kappa shape index (κ2) is 27.6. The quantitative estimate of drug-likeness (QED) is 0.0429. The van der Waals surface area contributed by atoms with Crippen molar-refractivity contribution < 1.29 is 47.0 Å². The van der Waals surface area contributed by atoms with Crippen molar-refractivity contribution in [3.8, 4) is 46.0 Å². The molecule has 10 nitrogen and oxygen atoms in total. The summed E-state index contributed by atoms with van der Waals surface area (Å²) < 4.78 is 90.5. The minimum Gasteiger partial charge on any atom is -0.457 e. The van der Waals surface area contributed by atoms with Gasteiger partial charge >= 0.3 is 0 Å². The average molecular weight is 1250 g/mol. The number of rotatable bonds is 24. The zero-order valence-corrected chi connectivity index (χ0v) is 54.6. The summed E-state index contributed by atoms with van der Waals surface area (Å²) >= 11 is 0. The molecule has 8 aromatic carbocycles. The molecule has 0 N–H and O–H groups in total. The summed E-state index contributed by atoms with van der Waals surface area (Å²) in [6, 6.07) is 53.7. The van der Waals surface area contributed by atoms with Crippen LogP contribution in [0.1, 0.15) is 210 Å². The fourth-order valence-corrected chi connectivity index (χ4v) is 20.4. The Morgan fingerprint density at radius 1 is 0.300 bits per heavy atom. The lowest BCUT2D eigenvalue weighted by atomic mass is 9.75. The van der Waals surface area contributed by atoms with Crippen LogP contribution in [0.2, 0.25) is 0 Å². The normalized spacial score (nSPS) is 17.6. The molecule has 468 valence electrons. The highest BCUT2D eigenvalue weighted by Crippen LogP contribution is 2.61. The Labute approximate surface area is 532 Å². The molecule has 0 saturated heterocycles. The Hall–Kier alpha value is -7.38. The summed E-state index contributed by atoms with van der Waals surface area (Å²) in [5, 5.41) is 3.05. The maximum absolute atomic E-state index is 16.8. The topological polar surface area (TPSA) is 108 Å². The van der Waals surface area contributed by atoms with Gasteiger partial charge in [0.2, 0.25) is 27.2 Å². The molecule has 4 unspecified atom stereocenters. The standard InChI is InChI=1S/C78H86O10P2/c1-5-9-17-37-57-61-41-62-58(38-18-10-6-2)67-44-68-60(40-20-12-8-4)64-42-63-59(39-19-11-7-3)66-43-65(57)75-69(47-89(79,53-29-21-13-22-30-53)54-31-23-14-24-32-54)76(66)86-51-83-73(63)46-74(64)84-52-88-78(68)70(77(67)87-50-82-72(62)45-71(61)81-49-85-75)48-90(80,55-33-25-15-26-34-55)56-35-27-16-28-36-56/h13-16,21-36,41-46,57-60H,5-12,17-20,37-40,47-52H2,1-4H3. The van der Waals surface area contributed by atoms with E-state index in [9.17, 15) is 0 Å². The van der Waals surface area contributed by atoms with E-state index in [0.717, 1.165) is 180 Å². The summed E-state index contributed by atoms with van der Waals surface area (Å²) in [7, 11) is -6.99. The molecule has 8 aromatic rings. The van der Waals surface area contributed by atoms with E-state index < -0.39 is 14.3 Å². The van der Waals surface area contributed by atoms with E-state index >= 15 is 9.13 Å². The van der Waals surface area contributed by atoms with E-state index in [2.05, 4.69) is 64.1 Å². The number of benzene rings is 8. The molecule has 0 saturated carbocycles. The van der Waals surface area contributed by atoms with E-state index in [4.69, 9.17) is 37.9 Å². The molecular weight excluding hydrogens is 1160 g/mol. The lowest BCUT2D eigenvalue weighted by Crippen LogP contribution is -2.25. The predicted molar refractivity (Wildman–Crippen MR) is 361 cm³/mol. The molecule has 90 heavy (non-hydrogen) atoms. The molecule has 8 bridgehead atoms. The highest BCUT2D eigenvalue weighted by molar-refractivity contribution is 7.78. The third-order valence-electron chi connectivity index (χ3n) is 19.6.